The number of aliphatic carboxylic acids is 1. The number of unbranched alkanes of at least 4 members (excludes halogenated alkanes) is 1. The highest BCUT2D eigenvalue weighted by Gasteiger charge is 2.33. The molecular weight excluding hydrogens is 323 g/mol. The number of nitrogens with one attached hydrogen (secondary N) is 1. The lowest BCUT2D eigenvalue weighted by Crippen LogP contribution is -2.49. The van der Waals surface area contributed by atoms with Gasteiger partial charge in [-0.05, 0) is 24.3 Å². The zero-order chi connectivity index (χ0) is 18.6. The fraction of sp³-hybridized carbons (Fsp3) is 0.474. The number of carbonyl (C=O) groups is 2. The van der Waals surface area contributed by atoms with E-state index in [4.69, 9.17) is 0 Å². The normalized spacial score (nSPS) is 13.0. The van der Waals surface area contributed by atoms with Crippen LogP contribution in [0.25, 0.3) is 10.9 Å². The van der Waals surface area contributed by atoms with E-state index in [1.54, 1.807) is 27.0 Å². The van der Waals surface area contributed by atoms with Gasteiger partial charge in [0.05, 0.1) is 12.2 Å². The topological polar surface area (TPSA) is 71.3 Å². The predicted octanol–water partition coefficient (Wildman–Crippen LogP) is 3.62. The summed E-state index contributed by atoms with van der Waals surface area (Å²) in [5, 5.41) is 12.8. The van der Waals surface area contributed by atoms with Crippen molar-refractivity contribution in [1.29, 1.82) is 0 Å². The smallest absolute Gasteiger partial charge is 0.326 e. The van der Waals surface area contributed by atoms with E-state index in [0.717, 1.165) is 10.9 Å². The van der Waals surface area contributed by atoms with Crippen LogP contribution in [0.15, 0.2) is 30.5 Å². The van der Waals surface area contributed by atoms with Gasteiger partial charge in [0.2, 0.25) is 0 Å². The van der Waals surface area contributed by atoms with Gasteiger partial charge in [-0.3, -0.25) is 9.18 Å². The molecule has 0 fully saturated rings. The molecule has 25 heavy (non-hydrogen) atoms. The van der Waals surface area contributed by atoms with E-state index in [0.29, 0.717) is 24.9 Å². The maximum Gasteiger partial charge on any atom is 0.326 e. The van der Waals surface area contributed by atoms with Crippen LogP contribution in [0.1, 0.15) is 44.0 Å². The van der Waals surface area contributed by atoms with Crippen LogP contribution in [-0.4, -0.2) is 34.3 Å². The summed E-state index contributed by atoms with van der Waals surface area (Å²) in [4.78, 5) is 24.2. The minimum atomic E-state index is -1.06. The average molecular weight is 348 g/mol. The van der Waals surface area contributed by atoms with Crippen LogP contribution in [0.2, 0.25) is 0 Å². The maximum absolute atomic E-state index is 12.7. The molecule has 0 aliphatic heterocycles. The van der Waals surface area contributed by atoms with E-state index in [2.05, 4.69) is 5.32 Å². The standard InChI is InChI=1S/C19H25FN2O3/c1-19(2,3)16(18(24)25)21-17(23)14-12-22(11-7-6-10-20)15-9-5-4-8-13(14)15/h4-5,8-9,12,16H,6-7,10-11H2,1-3H3,(H,21,23)(H,24,25). The lowest BCUT2D eigenvalue weighted by molar-refractivity contribution is -0.142. The van der Waals surface area contributed by atoms with Crippen LogP contribution in [0.5, 0.6) is 0 Å². The Kier molecular flexibility index (Phi) is 5.82. The van der Waals surface area contributed by atoms with E-state index in [1.807, 2.05) is 28.8 Å². The number of hydrogen-bond acceptors (Lipinski definition) is 2. The molecule has 1 unspecified atom stereocenters. The van der Waals surface area contributed by atoms with Crippen LogP contribution in [0, 0.1) is 5.41 Å². The molecule has 1 amide bonds. The number of benzene rings is 1. The van der Waals surface area contributed by atoms with Crippen molar-refractivity contribution < 1.29 is 19.1 Å². The van der Waals surface area contributed by atoms with Crippen molar-refractivity contribution in [1.82, 2.24) is 9.88 Å². The Balaban J connectivity index is 2.33. The number of rotatable bonds is 7. The molecular formula is C19H25FN2O3. The van der Waals surface area contributed by atoms with Gasteiger partial charge in [-0.1, -0.05) is 39.0 Å². The van der Waals surface area contributed by atoms with Crippen LogP contribution in [-0.2, 0) is 11.3 Å². The summed E-state index contributed by atoms with van der Waals surface area (Å²) in [5.41, 5.74) is 0.710. The van der Waals surface area contributed by atoms with Crippen molar-refractivity contribution >= 4 is 22.8 Å². The quantitative estimate of drug-likeness (QED) is 0.751. The first-order chi connectivity index (χ1) is 11.8. The number of carbonyl (C=O) groups excluding carboxylic acids is 1. The number of amides is 1. The third-order valence-electron chi connectivity index (χ3n) is 4.20. The number of fused-ring (bicyclic) bond motifs is 1. The average Bonchev–Trinajstić information content (AvgIpc) is 2.90. The monoisotopic (exact) mass is 348 g/mol. The molecule has 136 valence electrons. The van der Waals surface area contributed by atoms with Crippen LogP contribution < -0.4 is 5.32 Å². The van der Waals surface area contributed by atoms with Gasteiger partial charge in [0.25, 0.3) is 5.91 Å². The molecule has 6 heteroatoms. The van der Waals surface area contributed by atoms with Crippen molar-refractivity contribution in [2.75, 3.05) is 6.67 Å². The van der Waals surface area contributed by atoms with E-state index >= 15 is 0 Å². The predicted molar refractivity (Wildman–Crippen MR) is 95.5 cm³/mol. The number of hydrogen-bond donors (Lipinski definition) is 2. The molecule has 2 N–H and O–H groups in total. The van der Waals surface area contributed by atoms with Gasteiger partial charge in [0.1, 0.15) is 6.04 Å². The number of carboxylic acids is 1. The van der Waals surface area contributed by atoms with Gasteiger partial charge in [0.15, 0.2) is 0 Å². The van der Waals surface area contributed by atoms with Crippen molar-refractivity contribution in [2.24, 2.45) is 5.41 Å². The molecule has 2 aromatic rings. The highest BCUT2D eigenvalue weighted by molar-refractivity contribution is 6.08. The number of alkyl halides is 1. The van der Waals surface area contributed by atoms with Crippen LogP contribution in [0.4, 0.5) is 4.39 Å². The molecule has 0 spiro atoms. The minimum Gasteiger partial charge on any atom is -0.480 e. The summed E-state index contributed by atoms with van der Waals surface area (Å²) < 4.78 is 14.3. The summed E-state index contributed by atoms with van der Waals surface area (Å²) in [6.45, 7) is 5.56. The van der Waals surface area contributed by atoms with Crippen LogP contribution in [0.3, 0.4) is 0 Å². The molecule has 0 aliphatic rings. The SMILES string of the molecule is CC(C)(C)C(NC(=O)c1cn(CCCCF)c2ccccc12)C(=O)O. The highest BCUT2D eigenvalue weighted by atomic mass is 19.1. The van der Waals surface area contributed by atoms with Gasteiger partial charge in [-0.15, -0.1) is 0 Å². The molecule has 2 rings (SSSR count). The first-order valence-corrected chi connectivity index (χ1v) is 8.43. The summed E-state index contributed by atoms with van der Waals surface area (Å²) in [5.74, 6) is -1.48. The first kappa shape index (κ1) is 19.0. The second-order valence-electron chi connectivity index (χ2n) is 7.26. The number of carboxylic acid groups (broad SMARTS) is 1. The lowest BCUT2D eigenvalue weighted by atomic mass is 9.86. The number of aryl methyl sites for hydroxylation is 1. The van der Waals surface area contributed by atoms with Crippen molar-refractivity contribution in [3.05, 3.63) is 36.0 Å². The number of para-hydroxylation sites is 1. The van der Waals surface area contributed by atoms with Crippen molar-refractivity contribution in [3.63, 3.8) is 0 Å². The molecule has 1 aromatic heterocycles. The van der Waals surface area contributed by atoms with E-state index < -0.39 is 23.3 Å². The Morgan fingerprint density at radius 2 is 1.92 bits per heavy atom. The molecule has 1 atom stereocenters. The van der Waals surface area contributed by atoms with Crippen molar-refractivity contribution in [3.8, 4) is 0 Å². The minimum absolute atomic E-state index is 0.363. The summed E-state index contributed by atoms with van der Waals surface area (Å²) in [6, 6.07) is 6.46. The summed E-state index contributed by atoms with van der Waals surface area (Å²) >= 11 is 0. The Hall–Kier alpha value is -2.37. The molecule has 5 nitrogen and oxygen atoms in total. The van der Waals surface area contributed by atoms with Gasteiger partial charge in [-0.25, -0.2) is 4.79 Å². The van der Waals surface area contributed by atoms with Gasteiger partial charge in [-0.2, -0.15) is 0 Å². The molecule has 0 saturated heterocycles. The number of nitrogens with zero attached hydrogens (tertiary/aromatic N) is 1. The zero-order valence-corrected chi connectivity index (χ0v) is 14.9. The van der Waals surface area contributed by atoms with Gasteiger partial charge >= 0.3 is 5.97 Å². The van der Waals surface area contributed by atoms with Gasteiger partial charge in [0, 0.05) is 23.6 Å². The second-order valence-corrected chi connectivity index (χ2v) is 7.26. The van der Waals surface area contributed by atoms with E-state index in [-0.39, 0.29) is 6.67 Å². The Morgan fingerprint density at radius 3 is 2.52 bits per heavy atom. The first-order valence-electron chi connectivity index (χ1n) is 8.43. The fourth-order valence-electron chi connectivity index (χ4n) is 2.85. The fourth-order valence-corrected chi connectivity index (χ4v) is 2.85. The molecule has 0 radical (unpaired) electrons. The molecule has 1 aromatic carbocycles. The van der Waals surface area contributed by atoms with Crippen molar-refractivity contribution in [2.45, 2.75) is 46.2 Å². The Morgan fingerprint density at radius 1 is 1.24 bits per heavy atom. The summed E-state index contributed by atoms with van der Waals surface area (Å²) in [6.07, 6.45) is 2.87. The zero-order valence-electron chi connectivity index (χ0n) is 14.9. The molecule has 0 saturated carbocycles. The molecule has 0 aliphatic carbocycles. The largest absolute Gasteiger partial charge is 0.480 e. The Bertz CT molecular complexity index is 762. The third-order valence-corrected chi connectivity index (χ3v) is 4.20. The van der Waals surface area contributed by atoms with Gasteiger partial charge < -0.3 is 15.0 Å². The second kappa shape index (κ2) is 7.68. The molecule has 0 bridgehead atoms. The highest BCUT2D eigenvalue weighted by Crippen LogP contribution is 2.24. The maximum atomic E-state index is 12.7. The summed E-state index contributed by atoms with van der Waals surface area (Å²) in [7, 11) is 0. The molecule has 1 heterocycles. The van der Waals surface area contributed by atoms with E-state index in [9.17, 15) is 19.1 Å². The third kappa shape index (κ3) is 4.38. The van der Waals surface area contributed by atoms with E-state index in [1.165, 1.54) is 0 Å². The Labute approximate surface area is 146 Å². The number of aromatic nitrogens is 1. The van der Waals surface area contributed by atoms with Crippen LogP contribution >= 0.6 is 0 Å². The number of halogens is 1. The lowest BCUT2D eigenvalue weighted by Gasteiger charge is -2.27.